The van der Waals surface area contributed by atoms with E-state index in [0.29, 0.717) is 5.57 Å². The van der Waals surface area contributed by atoms with Crippen LogP contribution < -0.4 is 16.0 Å². The maximum absolute atomic E-state index is 13.4. The van der Waals surface area contributed by atoms with Crippen LogP contribution in [0.3, 0.4) is 0 Å². The van der Waals surface area contributed by atoms with Crippen molar-refractivity contribution in [3.63, 3.8) is 0 Å². The van der Waals surface area contributed by atoms with E-state index >= 15 is 0 Å². The molecule has 0 heterocycles. The minimum absolute atomic E-state index is 0.188. The Balaban J connectivity index is 3.09. The van der Waals surface area contributed by atoms with Crippen LogP contribution in [-0.4, -0.2) is 62.4 Å². The molecule has 0 radical (unpaired) electrons. The molecule has 0 bridgehead atoms. The predicted molar refractivity (Wildman–Crippen MR) is 129 cm³/mol. The van der Waals surface area contributed by atoms with Gasteiger partial charge in [-0.15, -0.1) is 0 Å². The second-order valence-electron chi connectivity index (χ2n) is 9.80. The molecule has 1 aromatic rings. The van der Waals surface area contributed by atoms with E-state index in [1.54, 1.807) is 34.1 Å². The number of nitrogens with zero attached hydrogens (tertiary/aromatic N) is 1. The lowest BCUT2D eigenvalue weighted by molar-refractivity contribution is -0.139. The summed E-state index contributed by atoms with van der Waals surface area (Å²) in [6.07, 6.45) is 1.70. The number of carbonyl (C=O) groups excluding carboxylic acids is 3. The van der Waals surface area contributed by atoms with Gasteiger partial charge in [0, 0.05) is 31.6 Å². The van der Waals surface area contributed by atoms with E-state index in [9.17, 15) is 14.4 Å². The van der Waals surface area contributed by atoms with Crippen LogP contribution in [0.5, 0.6) is 0 Å². The smallest absolute Gasteiger partial charge is 0.246 e. The Morgan fingerprint density at radius 2 is 1.56 bits per heavy atom. The minimum atomic E-state index is -0.726. The highest BCUT2D eigenvalue weighted by molar-refractivity contribution is 5.93. The number of carbonyl (C=O) groups is 3. The van der Waals surface area contributed by atoms with Crippen LogP contribution in [0, 0.1) is 5.41 Å². The summed E-state index contributed by atoms with van der Waals surface area (Å²) in [5.41, 5.74) is 0.559. The molecule has 0 unspecified atom stereocenters. The summed E-state index contributed by atoms with van der Waals surface area (Å²) < 4.78 is 0. The topological polar surface area (TPSA) is 90.5 Å². The Hall–Kier alpha value is -2.67. The Labute approximate surface area is 193 Å². The first-order chi connectivity index (χ1) is 14.8. The fraction of sp³-hybridized carbons (Fsp3) is 0.560. The molecule has 1 rings (SSSR count). The first-order valence-corrected chi connectivity index (χ1v) is 10.9. The summed E-state index contributed by atoms with van der Waals surface area (Å²) in [6.45, 7) is 11.8. The Morgan fingerprint density at radius 1 is 1.00 bits per heavy atom. The first-order valence-electron chi connectivity index (χ1n) is 10.9. The van der Waals surface area contributed by atoms with Gasteiger partial charge in [0.1, 0.15) is 6.04 Å². The third-order valence-electron chi connectivity index (χ3n) is 5.82. The second-order valence-corrected chi connectivity index (χ2v) is 9.80. The van der Waals surface area contributed by atoms with Gasteiger partial charge < -0.3 is 20.9 Å². The van der Waals surface area contributed by atoms with Gasteiger partial charge in [0.25, 0.3) is 0 Å². The van der Waals surface area contributed by atoms with E-state index in [0.717, 1.165) is 5.56 Å². The maximum Gasteiger partial charge on any atom is 0.246 e. The molecule has 0 aliphatic carbocycles. The van der Waals surface area contributed by atoms with Gasteiger partial charge in [-0.1, -0.05) is 71.0 Å². The zero-order valence-electron chi connectivity index (χ0n) is 21.0. The largest absolute Gasteiger partial charge is 0.355 e. The Bertz CT molecular complexity index is 825. The van der Waals surface area contributed by atoms with Crippen LogP contribution in [0.4, 0.5) is 0 Å². The van der Waals surface area contributed by atoms with Crippen molar-refractivity contribution >= 4 is 17.7 Å². The van der Waals surface area contributed by atoms with Crippen molar-refractivity contribution in [2.24, 2.45) is 5.41 Å². The standard InChI is InChI=1S/C25H40N4O3/c1-17(21(30)27-8)15-16-29(9)23(32)20(24(2,3)4)28-22(31)19(26-7)25(5,6)18-13-11-10-12-14-18/h10-15,19-20,26H,16H2,1-9H3,(H,27,30)(H,28,31)/b17-15+/t19-,20-/m1/s1. The molecule has 0 aliphatic heterocycles. The van der Waals surface area contributed by atoms with Crippen LogP contribution >= 0.6 is 0 Å². The number of likely N-dealkylation sites (N-methyl/N-ethyl adjacent to an activating group) is 3. The summed E-state index contributed by atoms with van der Waals surface area (Å²) in [6, 6.07) is 8.58. The van der Waals surface area contributed by atoms with E-state index in [2.05, 4.69) is 16.0 Å². The first kappa shape index (κ1) is 27.4. The monoisotopic (exact) mass is 444 g/mol. The lowest BCUT2D eigenvalue weighted by Gasteiger charge is -2.38. The van der Waals surface area contributed by atoms with E-state index in [-0.39, 0.29) is 24.3 Å². The molecular weight excluding hydrogens is 404 g/mol. The highest BCUT2D eigenvalue weighted by Gasteiger charge is 2.40. The van der Waals surface area contributed by atoms with Crippen LogP contribution in [0.25, 0.3) is 0 Å². The number of hydrogen-bond donors (Lipinski definition) is 3. The van der Waals surface area contributed by atoms with Crippen LogP contribution in [-0.2, 0) is 19.8 Å². The van der Waals surface area contributed by atoms with Crippen molar-refractivity contribution in [2.75, 3.05) is 27.7 Å². The molecule has 0 aliphatic rings. The van der Waals surface area contributed by atoms with Gasteiger partial charge in [-0.2, -0.15) is 0 Å². The van der Waals surface area contributed by atoms with Crippen molar-refractivity contribution in [3.05, 3.63) is 47.5 Å². The summed E-state index contributed by atoms with van der Waals surface area (Å²) in [5, 5.41) is 8.69. The van der Waals surface area contributed by atoms with Crippen LogP contribution in [0.1, 0.15) is 47.1 Å². The van der Waals surface area contributed by atoms with E-state index < -0.39 is 22.9 Å². The lowest BCUT2D eigenvalue weighted by atomic mass is 9.76. The molecule has 0 aromatic heterocycles. The zero-order chi connectivity index (χ0) is 24.7. The number of benzene rings is 1. The summed E-state index contributed by atoms with van der Waals surface area (Å²) >= 11 is 0. The van der Waals surface area contributed by atoms with Crippen molar-refractivity contribution in [1.29, 1.82) is 0 Å². The van der Waals surface area contributed by atoms with Crippen LogP contribution in [0.2, 0.25) is 0 Å². The van der Waals surface area contributed by atoms with Gasteiger partial charge in [-0.25, -0.2) is 0 Å². The third-order valence-corrected chi connectivity index (χ3v) is 5.82. The normalized spacial score (nSPS) is 14.3. The van der Waals surface area contributed by atoms with Crippen molar-refractivity contribution in [1.82, 2.24) is 20.9 Å². The number of rotatable bonds is 9. The third kappa shape index (κ3) is 6.92. The molecule has 178 valence electrons. The second kappa shape index (κ2) is 11.3. The Morgan fingerprint density at radius 3 is 2.03 bits per heavy atom. The molecule has 0 spiro atoms. The van der Waals surface area contributed by atoms with Crippen molar-refractivity contribution in [3.8, 4) is 0 Å². The quantitative estimate of drug-likeness (QED) is 0.510. The maximum atomic E-state index is 13.4. The van der Waals surface area contributed by atoms with E-state index in [1.807, 2.05) is 65.0 Å². The minimum Gasteiger partial charge on any atom is -0.355 e. The Kier molecular flexibility index (Phi) is 9.64. The highest BCUT2D eigenvalue weighted by atomic mass is 16.2. The molecular formula is C25H40N4O3. The fourth-order valence-electron chi connectivity index (χ4n) is 3.60. The average molecular weight is 445 g/mol. The van der Waals surface area contributed by atoms with E-state index in [1.165, 1.54) is 4.90 Å². The lowest BCUT2D eigenvalue weighted by Crippen LogP contribution is -2.60. The van der Waals surface area contributed by atoms with Gasteiger partial charge in [0.05, 0.1) is 6.04 Å². The molecule has 32 heavy (non-hydrogen) atoms. The molecule has 7 nitrogen and oxygen atoms in total. The molecule has 3 N–H and O–H groups in total. The summed E-state index contributed by atoms with van der Waals surface area (Å²) in [5.74, 6) is -0.634. The van der Waals surface area contributed by atoms with Crippen molar-refractivity contribution in [2.45, 2.75) is 59.0 Å². The SMILES string of the molecule is CNC(=O)/C(C)=C/CN(C)C(=O)[C@@H](NC(=O)[C@@H](NC)C(C)(C)c1ccccc1)C(C)(C)C. The van der Waals surface area contributed by atoms with Gasteiger partial charge in [0.2, 0.25) is 17.7 Å². The summed E-state index contributed by atoms with van der Waals surface area (Å²) in [7, 11) is 4.99. The van der Waals surface area contributed by atoms with Crippen LogP contribution in [0.15, 0.2) is 42.0 Å². The van der Waals surface area contributed by atoms with Gasteiger partial charge in [-0.05, 0) is 24.9 Å². The van der Waals surface area contributed by atoms with Crippen molar-refractivity contribution < 1.29 is 14.4 Å². The average Bonchev–Trinajstić information content (AvgIpc) is 2.74. The molecule has 2 atom stereocenters. The molecule has 0 saturated heterocycles. The summed E-state index contributed by atoms with van der Waals surface area (Å²) in [4.78, 5) is 39.9. The molecule has 7 heteroatoms. The highest BCUT2D eigenvalue weighted by Crippen LogP contribution is 2.28. The van der Waals surface area contributed by atoms with Gasteiger partial charge in [0.15, 0.2) is 0 Å². The van der Waals surface area contributed by atoms with Gasteiger partial charge in [-0.3, -0.25) is 14.4 Å². The fourth-order valence-corrected chi connectivity index (χ4v) is 3.60. The number of nitrogens with one attached hydrogen (secondary N) is 3. The zero-order valence-corrected chi connectivity index (χ0v) is 21.0. The molecule has 3 amide bonds. The molecule has 1 aromatic carbocycles. The number of hydrogen-bond acceptors (Lipinski definition) is 4. The van der Waals surface area contributed by atoms with E-state index in [4.69, 9.17) is 0 Å². The predicted octanol–water partition coefficient (Wildman–Crippen LogP) is 2.23. The number of amides is 3. The molecule has 0 fully saturated rings. The van der Waals surface area contributed by atoms with Gasteiger partial charge >= 0.3 is 0 Å². The molecule has 0 saturated carbocycles.